The molecule has 0 saturated heterocycles. The van der Waals surface area contributed by atoms with Gasteiger partial charge in [-0.1, -0.05) is 6.08 Å². The van der Waals surface area contributed by atoms with Crippen LogP contribution >= 0.6 is 0 Å². The molecule has 112 valence electrons. The molecule has 0 bridgehead atoms. The van der Waals surface area contributed by atoms with E-state index in [2.05, 4.69) is 16.8 Å². The number of benzene rings is 1. The van der Waals surface area contributed by atoms with Crippen LogP contribution in [0.15, 0.2) is 24.8 Å². The quantitative estimate of drug-likeness (QED) is 0.741. The molecule has 0 aliphatic carbocycles. The number of ether oxygens (including phenoxy) is 1. The molecular weight excluding hydrogens is 255 g/mol. The molecule has 0 aliphatic heterocycles. The van der Waals surface area contributed by atoms with E-state index in [9.17, 15) is 4.39 Å². The van der Waals surface area contributed by atoms with E-state index in [1.54, 1.807) is 20.1 Å². The molecule has 1 rings (SSSR count). The number of hydrogen-bond donors (Lipinski definition) is 1. The van der Waals surface area contributed by atoms with Crippen LogP contribution < -0.4 is 10.2 Å². The number of nitrogens with one attached hydrogen (secondary N) is 1. The molecule has 1 aromatic carbocycles. The van der Waals surface area contributed by atoms with Gasteiger partial charge in [0, 0.05) is 31.9 Å². The van der Waals surface area contributed by atoms with Crippen molar-refractivity contribution in [1.29, 1.82) is 0 Å². The fraction of sp³-hybridized carbons (Fsp3) is 0.500. The van der Waals surface area contributed by atoms with E-state index in [1.807, 2.05) is 26.1 Å². The summed E-state index contributed by atoms with van der Waals surface area (Å²) in [5, 5.41) is 3.17. The summed E-state index contributed by atoms with van der Waals surface area (Å²) in [6.07, 6.45) is 1.85. The summed E-state index contributed by atoms with van der Waals surface area (Å²) >= 11 is 0. The van der Waals surface area contributed by atoms with Crippen molar-refractivity contribution in [2.24, 2.45) is 0 Å². The molecule has 1 aromatic rings. The first-order chi connectivity index (χ1) is 9.54. The number of aryl methyl sites for hydroxylation is 1. The van der Waals surface area contributed by atoms with Crippen molar-refractivity contribution in [2.45, 2.75) is 19.9 Å². The van der Waals surface area contributed by atoms with Gasteiger partial charge in [0.25, 0.3) is 0 Å². The van der Waals surface area contributed by atoms with Crippen molar-refractivity contribution < 1.29 is 9.13 Å². The van der Waals surface area contributed by atoms with Gasteiger partial charge in [-0.2, -0.15) is 0 Å². The minimum atomic E-state index is -0.170. The normalized spacial score (nSPS) is 12.2. The Morgan fingerprint density at radius 3 is 2.75 bits per heavy atom. The van der Waals surface area contributed by atoms with Gasteiger partial charge in [0.15, 0.2) is 0 Å². The SMILES string of the molecule is C=CCN(CCOC)c1cc(C)c(F)cc1C(C)NC. The average molecular weight is 280 g/mol. The van der Waals surface area contributed by atoms with E-state index in [0.717, 1.165) is 17.8 Å². The first kappa shape index (κ1) is 16.7. The number of hydrogen-bond acceptors (Lipinski definition) is 3. The summed E-state index contributed by atoms with van der Waals surface area (Å²) in [5.41, 5.74) is 2.63. The Morgan fingerprint density at radius 1 is 1.50 bits per heavy atom. The fourth-order valence-corrected chi connectivity index (χ4v) is 2.13. The highest BCUT2D eigenvalue weighted by atomic mass is 19.1. The standard InChI is InChI=1S/C16H25FN2O/c1-6-7-19(8-9-20-5)16-10-12(2)15(17)11-14(16)13(3)18-4/h6,10-11,13,18H,1,7-9H2,2-5H3. The Balaban J connectivity index is 3.22. The number of rotatable bonds is 8. The van der Waals surface area contributed by atoms with Gasteiger partial charge in [0.2, 0.25) is 0 Å². The topological polar surface area (TPSA) is 24.5 Å². The Labute approximate surface area is 121 Å². The van der Waals surface area contributed by atoms with Crippen LogP contribution in [0.25, 0.3) is 0 Å². The maximum absolute atomic E-state index is 13.9. The molecule has 0 fully saturated rings. The van der Waals surface area contributed by atoms with Gasteiger partial charge in [-0.25, -0.2) is 4.39 Å². The smallest absolute Gasteiger partial charge is 0.126 e. The maximum Gasteiger partial charge on any atom is 0.126 e. The molecule has 0 radical (unpaired) electrons. The summed E-state index contributed by atoms with van der Waals surface area (Å²) in [5.74, 6) is -0.170. The minimum Gasteiger partial charge on any atom is -0.383 e. The lowest BCUT2D eigenvalue weighted by molar-refractivity contribution is 0.205. The van der Waals surface area contributed by atoms with Gasteiger partial charge in [-0.15, -0.1) is 6.58 Å². The van der Waals surface area contributed by atoms with E-state index in [4.69, 9.17) is 4.74 Å². The van der Waals surface area contributed by atoms with Crippen LogP contribution in [0.5, 0.6) is 0 Å². The molecule has 3 nitrogen and oxygen atoms in total. The van der Waals surface area contributed by atoms with Gasteiger partial charge in [0.05, 0.1) is 6.61 Å². The fourth-order valence-electron chi connectivity index (χ4n) is 2.13. The molecule has 0 amide bonds. The van der Waals surface area contributed by atoms with Crippen molar-refractivity contribution in [1.82, 2.24) is 5.32 Å². The third-order valence-electron chi connectivity index (χ3n) is 3.46. The summed E-state index contributed by atoms with van der Waals surface area (Å²) in [4.78, 5) is 2.16. The Kier molecular flexibility index (Phi) is 6.68. The van der Waals surface area contributed by atoms with Crippen LogP contribution in [0.4, 0.5) is 10.1 Å². The van der Waals surface area contributed by atoms with E-state index in [-0.39, 0.29) is 11.9 Å². The van der Waals surface area contributed by atoms with Crippen molar-refractivity contribution in [3.8, 4) is 0 Å². The number of nitrogens with zero attached hydrogens (tertiary/aromatic N) is 1. The van der Waals surface area contributed by atoms with Crippen LogP contribution in [0, 0.1) is 12.7 Å². The second-order valence-electron chi connectivity index (χ2n) is 4.90. The van der Waals surface area contributed by atoms with Gasteiger partial charge < -0.3 is 15.0 Å². The molecule has 0 aliphatic rings. The Bertz CT molecular complexity index is 448. The molecule has 1 unspecified atom stereocenters. The molecule has 0 spiro atoms. The Morgan fingerprint density at radius 2 is 2.20 bits per heavy atom. The van der Waals surface area contributed by atoms with Crippen LogP contribution in [0.3, 0.4) is 0 Å². The summed E-state index contributed by atoms with van der Waals surface area (Å²) in [7, 11) is 3.55. The third kappa shape index (κ3) is 4.05. The number of methoxy groups -OCH3 is 1. The molecule has 4 heteroatoms. The maximum atomic E-state index is 13.9. The summed E-state index contributed by atoms with van der Waals surface area (Å²) in [6, 6.07) is 3.60. The van der Waals surface area contributed by atoms with E-state index in [1.165, 1.54) is 0 Å². The lowest BCUT2D eigenvalue weighted by Gasteiger charge is -2.28. The molecule has 20 heavy (non-hydrogen) atoms. The second kappa shape index (κ2) is 8.02. The predicted molar refractivity (Wildman–Crippen MR) is 82.9 cm³/mol. The number of halogens is 1. The summed E-state index contributed by atoms with van der Waals surface area (Å²) < 4.78 is 19.0. The zero-order valence-corrected chi connectivity index (χ0v) is 12.9. The van der Waals surface area contributed by atoms with E-state index in [0.29, 0.717) is 18.7 Å². The second-order valence-corrected chi connectivity index (χ2v) is 4.90. The van der Waals surface area contributed by atoms with Gasteiger partial charge in [-0.3, -0.25) is 0 Å². The van der Waals surface area contributed by atoms with Crippen molar-refractivity contribution in [3.63, 3.8) is 0 Å². The van der Waals surface area contributed by atoms with Crippen LogP contribution in [0.1, 0.15) is 24.1 Å². The molecule has 0 aromatic heterocycles. The highest BCUT2D eigenvalue weighted by Gasteiger charge is 2.16. The van der Waals surface area contributed by atoms with Crippen molar-refractivity contribution >= 4 is 5.69 Å². The first-order valence-corrected chi connectivity index (χ1v) is 6.87. The van der Waals surface area contributed by atoms with Crippen LogP contribution in [0.2, 0.25) is 0 Å². The van der Waals surface area contributed by atoms with Crippen molar-refractivity contribution in [2.75, 3.05) is 38.8 Å². The first-order valence-electron chi connectivity index (χ1n) is 6.87. The van der Waals surface area contributed by atoms with Gasteiger partial charge in [0.1, 0.15) is 5.82 Å². The van der Waals surface area contributed by atoms with E-state index >= 15 is 0 Å². The molecular formula is C16H25FN2O. The molecule has 0 saturated carbocycles. The largest absolute Gasteiger partial charge is 0.383 e. The lowest BCUT2D eigenvalue weighted by Crippen LogP contribution is -2.29. The summed E-state index contributed by atoms with van der Waals surface area (Å²) in [6.45, 7) is 9.68. The predicted octanol–water partition coefficient (Wildman–Crippen LogP) is 3.05. The lowest BCUT2D eigenvalue weighted by atomic mass is 10.0. The zero-order chi connectivity index (χ0) is 15.1. The number of anilines is 1. The molecule has 1 N–H and O–H groups in total. The van der Waals surface area contributed by atoms with Gasteiger partial charge >= 0.3 is 0 Å². The highest BCUT2D eigenvalue weighted by Crippen LogP contribution is 2.29. The van der Waals surface area contributed by atoms with Crippen LogP contribution in [-0.2, 0) is 4.74 Å². The zero-order valence-electron chi connectivity index (χ0n) is 12.9. The van der Waals surface area contributed by atoms with Crippen molar-refractivity contribution in [3.05, 3.63) is 41.7 Å². The average Bonchev–Trinajstić information content (AvgIpc) is 2.45. The van der Waals surface area contributed by atoms with Crippen LogP contribution in [-0.4, -0.2) is 33.9 Å². The molecule has 0 heterocycles. The molecule has 1 atom stereocenters. The van der Waals surface area contributed by atoms with Gasteiger partial charge in [-0.05, 0) is 44.2 Å². The minimum absolute atomic E-state index is 0.0787. The van der Waals surface area contributed by atoms with E-state index < -0.39 is 0 Å². The highest BCUT2D eigenvalue weighted by molar-refractivity contribution is 5.57. The Hall–Kier alpha value is -1.39. The monoisotopic (exact) mass is 280 g/mol. The third-order valence-corrected chi connectivity index (χ3v) is 3.46.